The van der Waals surface area contributed by atoms with E-state index >= 15 is 0 Å². The lowest BCUT2D eigenvalue weighted by Gasteiger charge is -2.05. The van der Waals surface area contributed by atoms with Crippen molar-refractivity contribution in [3.8, 4) is 0 Å². The van der Waals surface area contributed by atoms with E-state index in [9.17, 15) is 4.79 Å². The zero-order chi connectivity index (χ0) is 11.8. The first-order valence-corrected chi connectivity index (χ1v) is 6.04. The number of benzene rings is 1. The Hall–Kier alpha value is -1.31. The smallest absolute Gasteiger partial charge is 0.220 e. The summed E-state index contributed by atoms with van der Waals surface area (Å²) in [4.78, 5) is 11.5. The highest BCUT2D eigenvalue weighted by atomic mass is 16.1. The average Bonchev–Trinajstić information content (AvgIpc) is 2.27. The molecule has 0 bridgehead atoms. The SMILES string of the molecule is CCCCCC(=O)NCc1cccc(C)c1. The van der Waals surface area contributed by atoms with E-state index in [0.717, 1.165) is 19.3 Å². The summed E-state index contributed by atoms with van der Waals surface area (Å²) in [6.07, 6.45) is 3.94. The summed E-state index contributed by atoms with van der Waals surface area (Å²) in [5, 5.41) is 2.95. The summed E-state index contributed by atoms with van der Waals surface area (Å²) in [5.74, 6) is 0.162. The summed E-state index contributed by atoms with van der Waals surface area (Å²) in [6.45, 7) is 4.85. The molecule has 0 heterocycles. The molecule has 2 heteroatoms. The molecule has 0 fully saturated rings. The highest BCUT2D eigenvalue weighted by molar-refractivity contribution is 5.75. The number of rotatable bonds is 6. The molecule has 0 aliphatic heterocycles. The zero-order valence-electron chi connectivity index (χ0n) is 10.3. The maximum absolute atomic E-state index is 11.5. The number of unbranched alkanes of at least 4 members (excludes halogenated alkanes) is 2. The summed E-state index contributed by atoms with van der Waals surface area (Å²) >= 11 is 0. The van der Waals surface area contributed by atoms with Crippen LogP contribution < -0.4 is 5.32 Å². The number of aryl methyl sites for hydroxylation is 1. The molecule has 16 heavy (non-hydrogen) atoms. The fourth-order valence-corrected chi connectivity index (χ4v) is 1.65. The molecule has 1 aromatic carbocycles. The largest absolute Gasteiger partial charge is 0.352 e. The predicted octanol–water partition coefficient (Wildman–Crippen LogP) is 3.19. The topological polar surface area (TPSA) is 29.1 Å². The quantitative estimate of drug-likeness (QED) is 0.731. The molecule has 0 aromatic heterocycles. The molecule has 0 unspecified atom stereocenters. The van der Waals surface area contributed by atoms with Gasteiger partial charge in [0.05, 0.1) is 0 Å². The normalized spacial score (nSPS) is 10.1. The van der Waals surface area contributed by atoms with E-state index in [0.29, 0.717) is 13.0 Å². The molecule has 88 valence electrons. The first-order chi connectivity index (χ1) is 7.72. The Kier molecular flexibility index (Phi) is 5.62. The molecule has 0 radical (unpaired) electrons. The molecule has 0 saturated heterocycles. The number of hydrogen-bond donors (Lipinski definition) is 1. The van der Waals surface area contributed by atoms with E-state index in [1.165, 1.54) is 11.1 Å². The van der Waals surface area contributed by atoms with Crippen LogP contribution in [0.4, 0.5) is 0 Å². The van der Waals surface area contributed by atoms with Crippen molar-refractivity contribution < 1.29 is 4.79 Å². The molecular weight excluding hydrogens is 198 g/mol. The third-order valence-corrected chi connectivity index (χ3v) is 2.58. The van der Waals surface area contributed by atoms with Crippen LogP contribution in [0.2, 0.25) is 0 Å². The predicted molar refractivity (Wildman–Crippen MR) is 67.2 cm³/mol. The van der Waals surface area contributed by atoms with E-state index < -0.39 is 0 Å². The maximum Gasteiger partial charge on any atom is 0.220 e. The monoisotopic (exact) mass is 219 g/mol. The standard InChI is InChI=1S/C14H21NO/c1-3-4-5-9-14(16)15-11-13-8-6-7-12(2)10-13/h6-8,10H,3-5,9,11H2,1-2H3,(H,15,16). The van der Waals surface area contributed by atoms with Crippen molar-refractivity contribution >= 4 is 5.91 Å². The van der Waals surface area contributed by atoms with Crippen LogP contribution in [0.25, 0.3) is 0 Å². The van der Waals surface area contributed by atoms with Crippen LogP contribution in [0, 0.1) is 6.92 Å². The Morgan fingerprint density at radius 1 is 1.31 bits per heavy atom. The Morgan fingerprint density at radius 3 is 2.81 bits per heavy atom. The van der Waals surface area contributed by atoms with Gasteiger partial charge in [0.15, 0.2) is 0 Å². The summed E-state index contributed by atoms with van der Waals surface area (Å²) in [6, 6.07) is 8.23. The van der Waals surface area contributed by atoms with Crippen molar-refractivity contribution in [2.75, 3.05) is 0 Å². The first kappa shape index (κ1) is 12.8. The number of nitrogens with one attached hydrogen (secondary N) is 1. The lowest BCUT2D eigenvalue weighted by Crippen LogP contribution is -2.22. The molecule has 0 aliphatic rings. The van der Waals surface area contributed by atoms with Crippen LogP contribution in [-0.4, -0.2) is 5.91 Å². The van der Waals surface area contributed by atoms with Crippen molar-refractivity contribution in [1.29, 1.82) is 0 Å². The van der Waals surface area contributed by atoms with Crippen molar-refractivity contribution in [2.24, 2.45) is 0 Å². The number of hydrogen-bond acceptors (Lipinski definition) is 1. The molecule has 1 amide bonds. The van der Waals surface area contributed by atoms with Crippen LogP contribution in [-0.2, 0) is 11.3 Å². The fraction of sp³-hybridized carbons (Fsp3) is 0.500. The zero-order valence-corrected chi connectivity index (χ0v) is 10.3. The van der Waals surface area contributed by atoms with Crippen molar-refractivity contribution in [3.05, 3.63) is 35.4 Å². The van der Waals surface area contributed by atoms with E-state index in [1.54, 1.807) is 0 Å². The fourth-order valence-electron chi connectivity index (χ4n) is 1.65. The van der Waals surface area contributed by atoms with Gasteiger partial charge in [-0.15, -0.1) is 0 Å². The third-order valence-electron chi connectivity index (χ3n) is 2.58. The van der Waals surface area contributed by atoms with Gasteiger partial charge in [0.2, 0.25) is 5.91 Å². The summed E-state index contributed by atoms with van der Waals surface area (Å²) < 4.78 is 0. The van der Waals surface area contributed by atoms with Gasteiger partial charge in [0.1, 0.15) is 0 Å². The van der Waals surface area contributed by atoms with Gasteiger partial charge in [-0.05, 0) is 18.9 Å². The minimum atomic E-state index is 0.162. The van der Waals surface area contributed by atoms with Crippen LogP contribution in [0.5, 0.6) is 0 Å². The molecule has 0 spiro atoms. The van der Waals surface area contributed by atoms with Crippen LogP contribution in [0.3, 0.4) is 0 Å². The van der Waals surface area contributed by atoms with E-state index in [1.807, 2.05) is 12.1 Å². The summed E-state index contributed by atoms with van der Waals surface area (Å²) in [5.41, 5.74) is 2.40. The minimum absolute atomic E-state index is 0.162. The molecule has 1 aromatic rings. The van der Waals surface area contributed by atoms with Gasteiger partial charge in [-0.25, -0.2) is 0 Å². The molecular formula is C14H21NO. The first-order valence-electron chi connectivity index (χ1n) is 6.04. The number of carbonyl (C=O) groups is 1. The molecule has 0 atom stereocenters. The van der Waals surface area contributed by atoms with Crippen molar-refractivity contribution in [1.82, 2.24) is 5.32 Å². The maximum atomic E-state index is 11.5. The Balaban J connectivity index is 2.26. The summed E-state index contributed by atoms with van der Waals surface area (Å²) in [7, 11) is 0. The third kappa shape index (κ3) is 4.96. The Morgan fingerprint density at radius 2 is 2.12 bits per heavy atom. The molecule has 0 aliphatic carbocycles. The lowest BCUT2D eigenvalue weighted by molar-refractivity contribution is -0.121. The van der Waals surface area contributed by atoms with Gasteiger partial charge in [0, 0.05) is 13.0 Å². The molecule has 1 N–H and O–H groups in total. The average molecular weight is 219 g/mol. The van der Waals surface area contributed by atoms with Gasteiger partial charge in [-0.1, -0.05) is 49.6 Å². The lowest BCUT2D eigenvalue weighted by atomic mass is 10.1. The van der Waals surface area contributed by atoms with Crippen molar-refractivity contribution in [2.45, 2.75) is 46.1 Å². The Bertz CT molecular complexity index is 333. The van der Waals surface area contributed by atoms with Gasteiger partial charge in [-0.3, -0.25) is 4.79 Å². The highest BCUT2D eigenvalue weighted by Gasteiger charge is 2.00. The second-order valence-electron chi connectivity index (χ2n) is 4.22. The second-order valence-corrected chi connectivity index (χ2v) is 4.22. The molecule has 2 nitrogen and oxygen atoms in total. The highest BCUT2D eigenvalue weighted by Crippen LogP contribution is 2.04. The Labute approximate surface area is 98.1 Å². The van der Waals surface area contributed by atoms with Gasteiger partial charge in [-0.2, -0.15) is 0 Å². The van der Waals surface area contributed by atoms with Crippen molar-refractivity contribution in [3.63, 3.8) is 0 Å². The number of carbonyl (C=O) groups excluding carboxylic acids is 1. The van der Waals surface area contributed by atoms with Gasteiger partial charge < -0.3 is 5.32 Å². The van der Waals surface area contributed by atoms with E-state index in [-0.39, 0.29) is 5.91 Å². The van der Waals surface area contributed by atoms with E-state index in [4.69, 9.17) is 0 Å². The second kappa shape index (κ2) is 7.04. The van der Waals surface area contributed by atoms with Gasteiger partial charge >= 0.3 is 0 Å². The van der Waals surface area contributed by atoms with Gasteiger partial charge in [0.25, 0.3) is 0 Å². The molecule has 0 saturated carbocycles. The van der Waals surface area contributed by atoms with Crippen LogP contribution in [0.1, 0.15) is 43.7 Å². The minimum Gasteiger partial charge on any atom is -0.352 e. The van der Waals surface area contributed by atoms with Crippen LogP contribution >= 0.6 is 0 Å². The van der Waals surface area contributed by atoms with Crippen LogP contribution in [0.15, 0.2) is 24.3 Å². The number of amides is 1. The molecule has 1 rings (SSSR count). The van der Waals surface area contributed by atoms with E-state index in [2.05, 4.69) is 31.3 Å².